The van der Waals surface area contributed by atoms with Crippen molar-refractivity contribution in [1.29, 1.82) is 0 Å². The van der Waals surface area contributed by atoms with E-state index >= 15 is 0 Å². The van der Waals surface area contributed by atoms with Crippen LogP contribution < -0.4 is 0 Å². The number of hydrogen-bond donors (Lipinski definition) is 1. The van der Waals surface area contributed by atoms with Gasteiger partial charge in [-0.1, -0.05) is 18.6 Å². The van der Waals surface area contributed by atoms with Crippen molar-refractivity contribution in [3.05, 3.63) is 12.2 Å². The summed E-state index contributed by atoms with van der Waals surface area (Å²) in [6, 6.07) is 0. The van der Waals surface area contributed by atoms with Gasteiger partial charge in [0.05, 0.1) is 11.8 Å². The standard InChI is InChI=1S/C17H21NO4/c19-13(20)4-2-1-3-7-18-16(21)14-9-5-6-10(12-8-11(9)12)15(14)17(18)22/h5-6,9-12,14-15H,1-4,7-8H2,(H,19,20). The second-order valence-corrected chi connectivity index (χ2v) is 7.19. The van der Waals surface area contributed by atoms with E-state index in [0.717, 1.165) is 6.42 Å². The van der Waals surface area contributed by atoms with Crippen LogP contribution in [-0.2, 0) is 14.4 Å². The maximum Gasteiger partial charge on any atom is 0.303 e. The zero-order valence-corrected chi connectivity index (χ0v) is 12.5. The molecule has 0 aromatic rings. The Morgan fingerprint density at radius 1 is 1.05 bits per heavy atom. The molecule has 1 N–H and O–H groups in total. The zero-order chi connectivity index (χ0) is 15.4. The number of likely N-dealkylation sites (tertiary alicyclic amines) is 1. The number of nitrogens with zero attached hydrogens (tertiary/aromatic N) is 1. The number of hydrogen-bond acceptors (Lipinski definition) is 3. The summed E-state index contributed by atoms with van der Waals surface area (Å²) >= 11 is 0. The minimum absolute atomic E-state index is 0.0259. The summed E-state index contributed by atoms with van der Waals surface area (Å²) in [7, 11) is 0. The third-order valence-corrected chi connectivity index (χ3v) is 6.03. The third kappa shape index (κ3) is 1.94. The molecule has 2 saturated carbocycles. The van der Waals surface area contributed by atoms with Crippen LogP contribution in [0.4, 0.5) is 0 Å². The smallest absolute Gasteiger partial charge is 0.303 e. The lowest BCUT2D eigenvalue weighted by atomic mass is 9.63. The predicted molar refractivity (Wildman–Crippen MR) is 77.5 cm³/mol. The van der Waals surface area contributed by atoms with Crippen molar-refractivity contribution >= 4 is 17.8 Å². The van der Waals surface area contributed by atoms with Crippen LogP contribution in [-0.4, -0.2) is 34.3 Å². The number of aliphatic carboxylic acids is 1. The molecule has 118 valence electrons. The second-order valence-electron chi connectivity index (χ2n) is 7.19. The molecule has 1 heterocycles. The molecular formula is C17H21NO4. The quantitative estimate of drug-likeness (QED) is 0.460. The maximum atomic E-state index is 12.7. The van der Waals surface area contributed by atoms with E-state index in [9.17, 15) is 14.4 Å². The highest BCUT2D eigenvalue weighted by Gasteiger charge is 2.66. The Kier molecular flexibility index (Phi) is 3.13. The SMILES string of the molecule is O=C(O)CCCCCN1C(=O)C2C3C=CC(C4CC34)C2C1=O. The summed E-state index contributed by atoms with van der Waals surface area (Å²) in [5, 5.41) is 8.62. The van der Waals surface area contributed by atoms with Crippen LogP contribution >= 0.6 is 0 Å². The van der Waals surface area contributed by atoms with Gasteiger partial charge in [-0.05, 0) is 42.9 Å². The van der Waals surface area contributed by atoms with Crippen molar-refractivity contribution in [2.45, 2.75) is 32.1 Å². The zero-order valence-electron chi connectivity index (χ0n) is 12.5. The van der Waals surface area contributed by atoms with Gasteiger partial charge in [0.2, 0.25) is 11.8 Å². The summed E-state index contributed by atoms with van der Waals surface area (Å²) in [6.45, 7) is 0.457. The molecule has 1 saturated heterocycles. The van der Waals surface area contributed by atoms with Gasteiger partial charge in [-0.3, -0.25) is 19.3 Å². The molecule has 6 atom stereocenters. The topological polar surface area (TPSA) is 74.7 Å². The summed E-state index contributed by atoms with van der Waals surface area (Å²) in [6.07, 6.45) is 7.77. The molecular weight excluding hydrogens is 282 g/mol. The Morgan fingerprint density at radius 3 is 2.18 bits per heavy atom. The van der Waals surface area contributed by atoms with Gasteiger partial charge in [0.25, 0.3) is 0 Å². The minimum atomic E-state index is -0.791. The number of unbranched alkanes of at least 4 members (excludes halogenated alkanes) is 2. The molecule has 2 amide bonds. The molecule has 0 spiro atoms. The van der Waals surface area contributed by atoms with E-state index in [1.54, 1.807) is 0 Å². The molecule has 0 aromatic carbocycles. The lowest BCUT2D eigenvalue weighted by Gasteiger charge is -2.37. The number of carbonyl (C=O) groups is 3. The average molecular weight is 303 g/mol. The average Bonchev–Trinajstić information content (AvgIpc) is 3.26. The van der Waals surface area contributed by atoms with Crippen LogP contribution in [0.1, 0.15) is 32.1 Å². The number of allylic oxidation sites excluding steroid dienone is 2. The summed E-state index contributed by atoms with van der Waals surface area (Å²) in [5.74, 6) is 0.904. The first-order valence-corrected chi connectivity index (χ1v) is 8.35. The fourth-order valence-corrected chi connectivity index (χ4v) is 4.96. The summed E-state index contributed by atoms with van der Waals surface area (Å²) in [5.41, 5.74) is 0. The van der Waals surface area contributed by atoms with Crippen molar-refractivity contribution < 1.29 is 19.5 Å². The summed E-state index contributed by atoms with van der Waals surface area (Å²) in [4.78, 5) is 37.3. The molecule has 5 nitrogen and oxygen atoms in total. The van der Waals surface area contributed by atoms with Crippen LogP contribution in [0.2, 0.25) is 0 Å². The fourth-order valence-electron chi connectivity index (χ4n) is 4.96. The molecule has 2 bridgehead atoms. The van der Waals surface area contributed by atoms with E-state index in [0.29, 0.717) is 31.2 Å². The van der Waals surface area contributed by atoms with Crippen molar-refractivity contribution in [3.63, 3.8) is 0 Å². The lowest BCUT2D eigenvalue weighted by molar-refractivity contribution is -0.141. The molecule has 22 heavy (non-hydrogen) atoms. The number of amides is 2. The highest BCUT2D eigenvalue weighted by Crippen LogP contribution is 2.65. The molecule has 0 aromatic heterocycles. The molecule has 5 rings (SSSR count). The Labute approximate surface area is 129 Å². The van der Waals surface area contributed by atoms with Crippen LogP contribution in [0.5, 0.6) is 0 Å². The van der Waals surface area contributed by atoms with Gasteiger partial charge in [-0.25, -0.2) is 0 Å². The first kappa shape index (κ1) is 14.0. The van der Waals surface area contributed by atoms with Gasteiger partial charge in [0.15, 0.2) is 0 Å². The number of carboxylic acid groups (broad SMARTS) is 1. The monoisotopic (exact) mass is 303 g/mol. The van der Waals surface area contributed by atoms with Crippen molar-refractivity contribution in [1.82, 2.24) is 4.90 Å². The summed E-state index contributed by atoms with van der Waals surface area (Å²) < 4.78 is 0. The lowest BCUT2D eigenvalue weighted by Crippen LogP contribution is -2.40. The van der Waals surface area contributed by atoms with Crippen LogP contribution in [0.25, 0.3) is 0 Å². The highest BCUT2D eigenvalue weighted by molar-refractivity contribution is 6.06. The van der Waals surface area contributed by atoms with E-state index in [1.807, 2.05) is 0 Å². The Morgan fingerprint density at radius 2 is 1.64 bits per heavy atom. The van der Waals surface area contributed by atoms with E-state index in [4.69, 9.17) is 5.11 Å². The van der Waals surface area contributed by atoms with Gasteiger partial charge in [-0.15, -0.1) is 0 Å². The maximum absolute atomic E-state index is 12.7. The normalized spacial score (nSPS) is 40.8. The third-order valence-electron chi connectivity index (χ3n) is 6.03. The van der Waals surface area contributed by atoms with Crippen molar-refractivity contribution in [2.24, 2.45) is 35.5 Å². The largest absolute Gasteiger partial charge is 0.481 e. The highest BCUT2D eigenvalue weighted by atomic mass is 16.4. The number of imide groups is 1. The molecule has 5 aliphatic rings. The van der Waals surface area contributed by atoms with Crippen molar-refractivity contribution in [2.75, 3.05) is 6.54 Å². The fraction of sp³-hybridized carbons (Fsp3) is 0.706. The minimum Gasteiger partial charge on any atom is -0.481 e. The Bertz CT molecular complexity index is 533. The van der Waals surface area contributed by atoms with Crippen LogP contribution in [0, 0.1) is 35.5 Å². The molecule has 5 heteroatoms. The molecule has 1 aliphatic heterocycles. The number of carboxylic acids is 1. The van der Waals surface area contributed by atoms with Crippen LogP contribution in [0.3, 0.4) is 0 Å². The predicted octanol–water partition coefficient (Wildman–Crippen LogP) is 1.68. The van der Waals surface area contributed by atoms with E-state index in [-0.39, 0.29) is 41.9 Å². The molecule has 0 radical (unpaired) electrons. The first-order chi connectivity index (χ1) is 10.6. The molecule has 3 fully saturated rings. The van der Waals surface area contributed by atoms with E-state index < -0.39 is 5.97 Å². The van der Waals surface area contributed by atoms with E-state index in [2.05, 4.69) is 12.2 Å². The second kappa shape index (κ2) is 4.93. The Hall–Kier alpha value is -1.65. The molecule has 4 aliphatic carbocycles. The van der Waals surface area contributed by atoms with Crippen molar-refractivity contribution in [3.8, 4) is 0 Å². The van der Waals surface area contributed by atoms with Gasteiger partial charge < -0.3 is 5.11 Å². The van der Waals surface area contributed by atoms with Gasteiger partial charge in [0.1, 0.15) is 0 Å². The molecule has 6 unspecified atom stereocenters. The van der Waals surface area contributed by atoms with Gasteiger partial charge in [-0.2, -0.15) is 0 Å². The Balaban J connectivity index is 1.39. The van der Waals surface area contributed by atoms with Gasteiger partial charge in [0, 0.05) is 13.0 Å². The van der Waals surface area contributed by atoms with Crippen LogP contribution in [0.15, 0.2) is 12.2 Å². The van der Waals surface area contributed by atoms with Gasteiger partial charge >= 0.3 is 5.97 Å². The number of carbonyl (C=O) groups excluding carboxylic acids is 2. The number of rotatable bonds is 6. The van der Waals surface area contributed by atoms with E-state index in [1.165, 1.54) is 11.3 Å². The first-order valence-electron chi connectivity index (χ1n) is 8.35.